The third-order valence-electron chi connectivity index (χ3n) is 3.30. The third-order valence-corrected chi connectivity index (χ3v) is 3.30. The fourth-order valence-electron chi connectivity index (χ4n) is 2.46. The quantitative estimate of drug-likeness (QED) is 0.582. The van der Waals surface area contributed by atoms with Gasteiger partial charge < -0.3 is 5.32 Å². The SMILES string of the molecule is CCC1CNCC2CC1C2. The van der Waals surface area contributed by atoms with Crippen molar-refractivity contribution in [2.75, 3.05) is 13.1 Å². The summed E-state index contributed by atoms with van der Waals surface area (Å²) < 4.78 is 0. The lowest BCUT2D eigenvalue weighted by molar-refractivity contribution is 0.156. The Morgan fingerprint density at radius 2 is 2.10 bits per heavy atom. The minimum absolute atomic E-state index is 0.999. The van der Waals surface area contributed by atoms with Crippen LogP contribution in [-0.2, 0) is 0 Å². The van der Waals surface area contributed by atoms with Crippen molar-refractivity contribution in [1.29, 1.82) is 0 Å². The number of hydrogen-bond acceptors (Lipinski definition) is 1. The first-order chi connectivity index (χ1) is 4.90. The molecular formula is C9H17N. The highest BCUT2D eigenvalue weighted by atomic mass is 14.9. The molecule has 2 saturated heterocycles. The molecule has 10 heavy (non-hydrogen) atoms. The molecular weight excluding hydrogens is 122 g/mol. The summed E-state index contributed by atoms with van der Waals surface area (Å²) in [5, 5.41) is 3.54. The van der Waals surface area contributed by atoms with Gasteiger partial charge in [0.2, 0.25) is 0 Å². The Labute approximate surface area is 63.2 Å². The average molecular weight is 139 g/mol. The average Bonchev–Trinajstić information content (AvgIpc) is 2.14. The zero-order valence-corrected chi connectivity index (χ0v) is 6.77. The van der Waals surface area contributed by atoms with Crippen LogP contribution in [0.5, 0.6) is 0 Å². The van der Waals surface area contributed by atoms with Crippen LogP contribution in [0.1, 0.15) is 26.2 Å². The Balaban J connectivity index is 1.95. The van der Waals surface area contributed by atoms with E-state index < -0.39 is 0 Å². The first-order valence-electron chi connectivity index (χ1n) is 4.61. The van der Waals surface area contributed by atoms with Gasteiger partial charge in [0, 0.05) is 0 Å². The highest BCUT2D eigenvalue weighted by Crippen LogP contribution is 2.41. The van der Waals surface area contributed by atoms with Gasteiger partial charge in [-0.25, -0.2) is 0 Å². The molecule has 1 N–H and O–H groups in total. The smallest absolute Gasteiger partial charge is 0.00178 e. The maximum Gasteiger partial charge on any atom is -0.00178 e. The molecule has 3 rings (SSSR count). The maximum absolute atomic E-state index is 3.54. The van der Waals surface area contributed by atoms with E-state index in [1.165, 1.54) is 32.4 Å². The van der Waals surface area contributed by atoms with Gasteiger partial charge >= 0.3 is 0 Å². The van der Waals surface area contributed by atoms with Crippen LogP contribution in [-0.4, -0.2) is 13.1 Å². The van der Waals surface area contributed by atoms with Crippen LogP contribution in [0.2, 0.25) is 0 Å². The van der Waals surface area contributed by atoms with Gasteiger partial charge in [0.15, 0.2) is 0 Å². The first kappa shape index (κ1) is 6.66. The summed E-state index contributed by atoms with van der Waals surface area (Å²) in [5.74, 6) is 3.13. The van der Waals surface area contributed by atoms with Gasteiger partial charge in [0.05, 0.1) is 0 Å². The molecule has 2 aliphatic heterocycles. The highest BCUT2D eigenvalue weighted by molar-refractivity contribution is 4.89. The number of nitrogens with one attached hydrogen (secondary N) is 1. The molecule has 0 aromatic carbocycles. The van der Waals surface area contributed by atoms with E-state index in [4.69, 9.17) is 0 Å². The van der Waals surface area contributed by atoms with E-state index in [-0.39, 0.29) is 0 Å². The van der Waals surface area contributed by atoms with Crippen LogP contribution < -0.4 is 5.32 Å². The number of rotatable bonds is 1. The molecule has 0 aromatic rings. The Kier molecular flexibility index (Phi) is 1.69. The van der Waals surface area contributed by atoms with Crippen molar-refractivity contribution < 1.29 is 0 Å². The van der Waals surface area contributed by atoms with E-state index >= 15 is 0 Å². The molecule has 1 aliphatic carbocycles. The number of fused-ring (bicyclic) bond motifs is 3. The standard InChI is InChI=1S/C9H17N/c1-2-8-6-10-5-7-3-9(8)4-7/h7-10H,2-6H2,1H3. The summed E-state index contributed by atoms with van der Waals surface area (Å²) >= 11 is 0. The Morgan fingerprint density at radius 3 is 2.80 bits per heavy atom. The lowest BCUT2D eigenvalue weighted by Gasteiger charge is -2.36. The lowest BCUT2D eigenvalue weighted by atomic mass is 9.69. The molecule has 3 fully saturated rings. The van der Waals surface area contributed by atoms with E-state index in [1.54, 1.807) is 0 Å². The van der Waals surface area contributed by atoms with Crippen molar-refractivity contribution in [2.45, 2.75) is 26.2 Å². The van der Waals surface area contributed by atoms with E-state index in [0.29, 0.717) is 0 Å². The maximum atomic E-state index is 3.54. The van der Waals surface area contributed by atoms with Gasteiger partial charge in [0.25, 0.3) is 0 Å². The molecule has 2 bridgehead atoms. The van der Waals surface area contributed by atoms with Crippen LogP contribution >= 0.6 is 0 Å². The molecule has 58 valence electrons. The number of hydrogen-bond donors (Lipinski definition) is 1. The van der Waals surface area contributed by atoms with Crippen LogP contribution in [0.3, 0.4) is 0 Å². The van der Waals surface area contributed by atoms with Crippen molar-refractivity contribution >= 4 is 0 Å². The fourth-order valence-corrected chi connectivity index (χ4v) is 2.46. The van der Waals surface area contributed by atoms with Gasteiger partial charge in [-0.1, -0.05) is 13.3 Å². The van der Waals surface area contributed by atoms with Crippen molar-refractivity contribution in [3.63, 3.8) is 0 Å². The van der Waals surface area contributed by atoms with Gasteiger partial charge in [0.1, 0.15) is 0 Å². The van der Waals surface area contributed by atoms with Crippen LogP contribution in [0, 0.1) is 17.8 Å². The second-order valence-electron chi connectivity index (χ2n) is 3.92. The van der Waals surface area contributed by atoms with Crippen LogP contribution in [0.4, 0.5) is 0 Å². The molecule has 0 aromatic heterocycles. The molecule has 0 spiro atoms. The molecule has 1 nitrogen and oxygen atoms in total. The zero-order valence-electron chi connectivity index (χ0n) is 6.77. The summed E-state index contributed by atoms with van der Waals surface area (Å²) in [6.45, 7) is 4.91. The predicted octanol–water partition coefficient (Wildman–Crippen LogP) is 1.64. The Hall–Kier alpha value is -0.0400. The largest absolute Gasteiger partial charge is 0.316 e. The summed E-state index contributed by atoms with van der Waals surface area (Å²) in [6.07, 6.45) is 4.42. The van der Waals surface area contributed by atoms with Crippen molar-refractivity contribution in [2.24, 2.45) is 17.8 Å². The molecule has 1 unspecified atom stereocenters. The fraction of sp³-hybridized carbons (Fsp3) is 1.00. The van der Waals surface area contributed by atoms with E-state index in [2.05, 4.69) is 12.2 Å². The minimum atomic E-state index is 0.999. The molecule has 2 heterocycles. The summed E-state index contributed by atoms with van der Waals surface area (Å²) in [6, 6.07) is 0. The monoisotopic (exact) mass is 139 g/mol. The normalized spacial score (nSPS) is 45.9. The summed E-state index contributed by atoms with van der Waals surface area (Å²) in [4.78, 5) is 0. The Bertz CT molecular complexity index is 116. The topological polar surface area (TPSA) is 12.0 Å². The predicted molar refractivity (Wildman–Crippen MR) is 42.9 cm³/mol. The molecule has 0 amide bonds. The van der Waals surface area contributed by atoms with E-state index in [0.717, 1.165) is 17.8 Å². The van der Waals surface area contributed by atoms with Crippen molar-refractivity contribution in [3.8, 4) is 0 Å². The highest BCUT2D eigenvalue weighted by Gasteiger charge is 2.36. The van der Waals surface area contributed by atoms with Crippen LogP contribution in [0.15, 0.2) is 0 Å². The second kappa shape index (κ2) is 2.54. The van der Waals surface area contributed by atoms with Gasteiger partial charge in [-0.2, -0.15) is 0 Å². The first-order valence-corrected chi connectivity index (χ1v) is 4.61. The van der Waals surface area contributed by atoms with E-state index in [9.17, 15) is 0 Å². The van der Waals surface area contributed by atoms with Gasteiger partial charge in [-0.3, -0.25) is 0 Å². The van der Waals surface area contributed by atoms with Gasteiger partial charge in [-0.15, -0.1) is 0 Å². The van der Waals surface area contributed by atoms with Crippen LogP contribution in [0.25, 0.3) is 0 Å². The molecule has 3 aliphatic rings. The lowest BCUT2D eigenvalue weighted by Crippen LogP contribution is -2.28. The Morgan fingerprint density at radius 1 is 1.30 bits per heavy atom. The zero-order chi connectivity index (χ0) is 6.97. The van der Waals surface area contributed by atoms with Crippen molar-refractivity contribution in [1.82, 2.24) is 5.32 Å². The molecule has 1 atom stereocenters. The molecule has 0 radical (unpaired) electrons. The van der Waals surface area contributed by atoms with Gasteiger partial charge in [-0.05, 0) is 43.7 Å². The second-order valence-corrected chi connectivity index (χ2v) is 3.92. The third kappa shape index (κ3) is 0.968. The molecule has 1 heteroatoms. The molecule has 1 saturated carbocycles. The van der Waals surface area contributed by atoms with E-state index in [1.807, 2.05) is 0 Å². The summed E-state index contributed by atoms with van der Waals surface area (Å²) in [5.41, 5.74) is 0. The van der Waals surface area contributed by atoms with Crippen molar-refractivity contribution in [3.05, 3.63) is 0 Å². The minimum Gasteiger partial charge on any atom is -0.316 e. The summed E-state index contributed by atoms with van der Waals surface area (Å²) in [7, 11) is 0.